The summed E-state index contributed by atoms with van der Waals surface area (Å²) in [5, 5.41) is 3.52. The van der Waals surface area contributed by atoms with Gasteiger partial charge in [0.1, 0.15) is 5.75 Å². The molecular weight excluding hydrogens is 326 g/mol. The van der Waals surface area contributed by atoms with Gasteiger partial charge >= 0.3 is 0 Å². The highest BCUT2D eigenvalue weighted by Crippen LogP contribution is 2.51. The molecule has 5 nitrogen and oxygen atoms in total. The SMILES string of the molecule is CCNC(=NCC1(c2ccccc2OC)CC1)N1CCC2(CCOC2)C1. The number of nitrogens with one attached hydrogen (secondary N) is 1. The van der Waals surface area contributed by atoms with Crippen molar-refractivity contribution in [3.05, 3.63) is 29.8 Å². The molecule has 1 spiro atoms. The molecule has 2 aliphatic heterocycles. The summed E-state index contributed by atoms with van der Waals surface area (Å²) < 4.78 is 11.3. The van der Waals surface area contributed by atoms with Gasteiger partial charge in [0, 0.05) is 42.6 Å². The molecular formula is C21H31N3O2. The average Bonchev–Trinajstić information content (AvgIpc) is 3.13. The predicted molar refractivity (Wildman–Crippen MR) is 104 cm³/mol. The number of nitrogens with zero attached hydrogens (tertiary/aromatic N) is 2. The number of rotatable bonds is 5. The van der Waals surface area contributed by atoms with Crippen molar-refractivity contribution in [2.75, 3.05) is 46.5 Å². The van der Waals surface area contributed by atoms with E-state index in [0.29, 0.717) is 5.41 Å². The minimum atomic E-state index is 0.154. The number of methoxy groups -OCH3 is 1. The number of hydrogen-bond acceptors (Lipinski definition) is 3. The first-order valence-corrected chi connectivity index (χ1v) is 9.95. The molecule has 1 aromatic carbocycles. The number of hydrogen-bond donors (Lipinski definition) is 1. The van der Waals surface area contributed by atoms with Crippen LogP contribution in [0.1, 0.15) is 38.2 Å². The van der Waals surface area contributed by atoms with Gasteiger partial charge in [0.05, 0.1) is 20.3 Å². The molecule has 1 atom stereocenters. The van der Waals surface area contributed by atoms with Crippen molar-refractivity contribution in [2.45, 2.75) is 38.0 Å². The van der Waals surface area contributed by atoms with Crippen molar-refractivity contribution >= 4 is 5.96 Å². The van der Waals surface area contributed by atoms with E-state index in [1.54, 1.807) is 7.11 Å². The maximum atomic E-state index is 5.68. The van der Waals surface area contributed by atoms with Gasteiger partial charge < -0.3 is 19.7 Å². The molecule has 1 unspecified atom stereocenters. The Balaban J connectivity index is 1.50. The molecule has 5 heteroatoms. The van der Waals surface area contributed by atoms with Crippen LogP contribution in [0.5, 0.6) is 5.75 Å². The van der Waals surface area contributed by atoms with Crippen LogP contribution in [0.2, 0.25) is 0 Å². The van der Waals surface area contributed by atoms with Crippen molar-refractivity contribution in [1.29, 1.82) is 0 Å². The Labute approximate surface area is 156 Å². The summed E-state index contributed by atoms with van der Waals surface area (Å²) >= 11 is 0. The molecule has 1 aliphatic carbocycles. The van der Waals surface area contributed by atoms with E-state index in [9.17, 15) is 0 Å². The fourth-order valence-corrected chi connectivity index (χ4v) is 4.49. The van der Waals surface area contributed by atoms with Gasteiger partial charge in [-0.2, -0.15) is 0 Å². The van der Waals surface area contributed by atoms with Gasteiger partial charge in [-0.25, -0.2) is 0 Å². The van der Waals surface area contributed by atoms with Gasteiger partial charge in [0.2, 0.25) is 0 Å². The maximum absolute atomic E-state index is 5.68. The minimum Gasteiger partial charge on any atom is -0.496 e. The van der Waals surface area contributed by atoms with Crippen molar-refractivity contribution in [3.63, 3.8) is 0 Å². The van der Waals surface area contributed by atoms with E-state index in [1.807, 2.05) is 6.07 Å². The molecule has 1 aromatic rings. The number of likely N-dealkylation sites (tertiary alicyclic amines) is 1. The van der Waals surface area contributed by atoms with Gasteiger partial charge in [0.15, 0.2) is 5.96 Å². The Morgan fingerprint density at radius 3 is 2.81 bits per heavy atom. The zero-order valence-electron chi connectivity index (χ0n) is 16.1. The van der Waals surface area contributed by atoms with E-state index in [2.05, 4.69) is 35.3 Å². The number of ether oxygens (including phenoxy) is 2. The van der Waals surface area contributed by atoms with Crippen LogP contribution in [0.3, 0.4) is 0 Å². The second kappa shape index (κ2) is 7.10. The summed E-state index contributed by atoms with van der Waals surface area (Å²) in [6.07, 6.45) is 4.78. The molecule has 4 rings (SSSR count). The summed E-state index contributed by atoms with van der Waals surface area (Å²) in [7, 11) is 1.76. The van der Waals surface area contributed by atoms with Crippen LogP contribution in [-0.2, 0) is 10.2 Å². The number of guanidine groups is 1. The lowest BCUT2D eigenvalue weighted by Gasteiger charge is -2.25. The smallest absolute Gasteiger partial charge is 0.193 e. The van der Waals surface area contributed by atoms with E-state index < -0.39 is 0 Å². The first-order chi connectivity index (χ1) is 12.7. The third-order valence-corrected chi connectivity index (χ3v) is 6.32. The molecule has 0 bridgehead atoms. The van der Waals surface area contributed by atoms with E-state index in [-0.39, 0.29) is 5.41 Å². The third-order valence-electron chi connectivity index (χ3n) is 6.32. The summed E-state index contributed by atoms with van der Waals surface area (Å²) in [5.74, 6) is 2.06. The first-order valence-electron chi connectivity index (χ1n) is 9.95. The van der Waals surface area contributed by atoms with Gasteiger partial charge in [-0.05, 0) is 38.7 Å². The molecule has 1 saturated carbocycles. The van der Waals surface area contributed by atoms with Gasteiger partial charge in [-0.3, -0.25) is 4.99 Å². The predicted octanol–water partition coefficient (Wildman–Crippen LogP) is 2.80. The number of aliphatic imine (C=N–C) groups is 1. The van der Waals surface area contributed by atoms with Crippen LogP contribution in [0.25, 0.3) is 0 Å². The summed E-state index contributed by atoms with van der Waals surface area (Å²) in [4.78, 5) is 7.51. The van der Waals surface area contributed by atoms with Crippen LogP contribution in [0, 0.1) is 5.41 Å². The monoisotopic (exact) mass is 357 g/mol. The van der Waals surface area contributed by atoms with Crippen LogP contribution < -0.4 is 10.1 Å². The summed E-state index contributed by atoms with van der Waals surface area (Å²) in [6.45, 7) is 7.85. The van der Waals surface area contributed by atoms with Crippen LogP contribution in [0.4, 0.5) is 0 Å². The van der Waals surface area contributed by atoms with Crippen LogP contribution in [-0.4, -0.2) is 57.4 Å². The Bertz CT molecular complexity index is 663. The topological polar surface area (TPSA) is 46.1 Å². The second-order valence-corrected chi connectivity index (χ2v) is 8.12. The zero-order chi connectivity index (χ0) is 18.0. The molecule has 2 heterocycles. The molecule has 1 N–H and O–H groups in total. The lowest BCUT2D eigenvalue weighted by molar-refractivity contribution is 0.156. The maximum Gasteiger partial charge on any atom is 0.193 e. The molecule has 3 aliphatic rings. The molecule has 3 fully saturated rings. The van der Waals surface area contributed by atoms with Crippen LogP contribution >= 0.6 is 0 Å². The average molecular weight is 357 g/mol. The van der Waals surface area contributed by atoms with Crippen molar-refractivity contribution in [3.8, 4) is 5.75 Å². The number of benzene rings is 1. The van der Waals surface area contributed by atoms with E-state index in [1.165, 1.54) is 31.2 Å². The zero-order valence-corrected chi connectivity index (χ0v) is 16.1. The number of para-hydroxylation sites is 1. The standard InChI is InChI=1S/C21H31N3O2/c1-3-22-19(24-12-10-20(15-24)11-13-26-16-20)23-14-21(8-9-21)17-6-4-5-7-18(17)25-2/h4-7H,3,8-16H2,1-2H3,(H,22,23). The van der Waals surface area contributed by atoms with Crippen molar-refractivity contribution in [1.82, 2.24) is 10.2 Å². The van der Waals surface area contributed by atoms with Crippen molar-refractivity contribution < 1.29 is 9.47 Å². The van der Waals surface area contributed by atoms with E-state index in [4.69, 9.17) is 14.5 Å². The highest BCUT2D eigenvalue weighted by molar-refractivity contribution is 5.80. The second-order valence-electron chi connectivity index (χ2n) is 8.12. The van der Waals surface area contributed by atoms with E-state index >= 15 is 0 Å². The molecule has 26 heavy (non-hydrogen) atoms. The highest BCUT2D eigenvalue weighted by atomic mass is 16.5. The molecule has 0 aromatic heterocycles. The Kier molecular flexibility index (Phi) is 4.82. The van der Waals surface area contributed by atoms with Gasteiger partial charge in [-0.1, -0.05) is 18.2 Å². The molecule has 142 valence electrons. The largest absolute Gasteiger partial charge is 0.496 e. The van der Waals surface area contributed by atoms with Crippen molar-refractivity contribution in [2.24, 2.45) is 10.4 Å². The third kappa shape index (κ3) is 3.29. The molecule has 0 amide bonds. The molecule has 0 radical (unpaired) electrons. The lowest BCUT2D eigenvalue weighted by atomic mass is 9.87. The van der Waals surface area contributed by atoms with Gasteiger partial charge in [0.25, 0.3) is 0 Å². The Morgan fingerprint density at radius 1 is 1.27 bits per heavy atom. The molecule has 2 saturated heterocycles. The normalized spacial score (nSPS) is 27.2. The Morgan fingerprint density at radius 2 is 2.12 bits per heavy atom. The summed E-state index contributed by atoms with van der Waals surface area (Å²) in [5.41, 5.74) is 1.82. The van der Waals surface area contributed by atoms with Crippen LogP contribution in [0.15, 0.2) is 29.3 Å². The van der Waals surface area contributed by atoms with E-state index in [0.717, 1.165) is 51.1 Å². The lowest BCUT2D eigenvalue weighted by Crippen LogP contribution is -2.42. The fraction of sp³-hybridized carbons (Fsp3) is 0.667. The fourth-order valence-electron chi connectivity index (χ4n) is 4.49. The summed E-state index contributed by atoms with van der Waals surface area (Å²) in [6, 6.07) is 8.42. The highest BCUT2D eigenvalue weighted by Gasteiger charge is 2.46. The quantitative estimate of drug-likeness (QED) is 0.650. The first kappa shape index (κ1) is 17.7. The minimum absolute atomic E-state index is 0.154. The van der Waals surface area contributed by atoms with Gasteiger partial charge in [-0.15, -0.1) is 0 Å². The Hall–Kier alpha value is -1.75.